The Morgan fingerprint density at radius 3 is 0.808 bits per heavy atom. The van der Waals surface area contributed by atoms with Gasteiger partial charge in [0.05, 0.1) is 21.1 Å². The van der Waals surface area contributed by atoms with Crippen LogP contribution in [-0.2, 0) is 11.5 Å². The third kappa shape index (κ3) is 6.31. The molecule has 0 aliphatic heterocycles. The maximum atomic E-state index is 4.45. The second-order valence-electron chi connectivity index (χ2n) is 5.99. The van der Waals surface area contributed by atoms with Gasteiger partial charge in [0.1, 0.15) is 0 Å². The van der Waals surface area contributed by atoms with Crippen LogP contribution in [0.1, 0.15) is 0 Å². The number of halogens is 1. The Labute approximate surface area is 169 Å². The molecule has 26 heavy (non-hydrogen) atoms. The summed E-state index contributed by atoms with van der Waals surface area (Å²) in [6.45, 7) is 0. The summed E-state index contributed by atoms with van der Waals surface area (Å²) in [7, 11) is 23.4. The zero-order valence-electron chi connectivity index (χ0n) is 18.3. The van der Waals surface area contributed by atoms with E-state index in [-0.39, 0.29) is 12.4 Å². The summed E-state index contributed by atoms with van der Waals surface area (Å²) < 4.78 is 6.38. The highest BCUT2D eigenvalue weighted by Crippen LogP contribution is 2.17. The Bertz CT molecular complexity index is 434. The molecule has 0 N–H and O–H groups in total. The normalized spacial score (nSPS) is 12.6. The Hall–Kier alpha value is -1.55. The highest BCUT2D eigenvalue weighted by atomic mass is 35.5. The molecule has 0 aliphatic carbocycles. The predicted octanol–water partition coefficient (Wildman–Crippen LogP) is -3.21. The Morgan fingerprint density at radius 2 is 0.692 bits per heavy atom. The van der Waals surface area contributed by atoms with E-state index in [2.05, 4.69) is 27.9 Å². The number of hydrogen-bond acceptors (Lipinski definition) is 3. The van der Waals surface area contributed by atoms with Gasteiger partial charge >= 0.3 is 11.5 Å². The van der Waals surface area contributed by atoms with E-state index in [9.17, 15) is 0 Å². The maximum absolute atomic E-state index is 4.45. The molecule has 0 unspecified atom stereocenters. The molecule has 11 heteroatoms. The van der Waals surface area contributed by atoms with Crippen LogP contribution in [0.3, 0.4) is 0 Å². The lowest BCUT2D eigenvalue weighted by molar-refractivity contribution is -0.00000596. The maximum Gasteiger partial charge on any atom is 0.361 e. The van der Waals surface area contributed by atoms with E-state index in [1.807, 2.05) is 78.1 Å². The van der Waals surface area contributed by atoms with Crippen molar-refractivity contribution in [3.05, 3.63) is 0 Å². The van der Waals surface area contributed by atoms with E-state index in [1.165, 1.54) is 0 Å². The summed E-state index contributed by atoms with van der Waals surface area (Å²) in [5, 5.41) is 0. The second kappa shape index (κ2) is 11.9. The highest BCUT2D eigenvalue weighted by molar-refractivity contribution is 7.91. The summed E-state index contributed by atoms with van der Waals surface area (Å²) in [6.07, 6.45) is 0. The van der Waals surface area contributed by atoms with Gasteiger partial charge in [0.2, 0.25) is 17.9 Å². The Kier molecular flexibility index (Phi) is 12.3. The average Bonchev–Trinajstić information content (AvgIpc) is 2.48. The third-order valence-corrected chi connectivity index (χ3v) is 5.34. The van der Waals surface area contributed by atoms with Crippen LogP contribution >= 0.6 is 0 Å². The molecule has 0 fully saturated rings. The number of rotatable bonds is 3. The lowest BCUT2D eigenvalue weighted by Gasteiger charge is -2.34. The molecule has 0 aromatic rings. The molecule has 0 amide bonds. The van der Waals surface area contributed by atoms with Gasteiger partial charge in [-0.05, 0) is 0 Å². The van der Waals surface area contributed by atoms with Crippen LogP contribution in [0, 0.1) is 0 Å². The molecule has 0 spiro atoms. The number of hydrogen-bond donors (Lipinski definition) is 0. The van der Waals surface area contributed by atoms with Gasteiger partial charge in [-0.25, -0.2) is 0 Å². The minimum absolute atomic E-state index is 0. The van der Waals surface area contributed by atoms with Crippen LogP contribution in [0.4, 0.5) is 0 Å². The largest absolute Gasteiger partial charge is 1.00 e. The highest BCUT2D eigenvalue weighted by Gasteiger charge is 2.45. The fourth-order valence-electron chi connectivity index (χ4n) is 2.64. The van der Waals surface area contributed by atoms with E-state index in [0.717, 1.165) is 17.9 Å². The van der Waals surface area contributed by atoms with Crippen LogP contribution in [0.2, 0.25) is 0 Å². The van der Waals surface area contributed by atoms with E-state index >= 15 is 0 Å². The van der Waals surface area contributed by atoms with E-state index in [0.29, 0.717) is 0 Å². The molecule has 0 bridgehead atoms. The quantitative estimate of drug-likeness (QED) is 0.278. The SMILES string of the molecule is C/N=C(\N(C)C)N(C)[S+](N(C)/C(=N/C)N(C)C)N(C)/C(=N/C)N(C)C.[Cl-]. The Morgan fingerprint density at radius 1 is 0.500 bits per heavy atom. The number of guanidine groups is 3. The van der Waals surface area contributed by atoms with Gasteiger partial charge in [-0.15, -0.1) is 12.9 Å². The fourth-order valence-corrected chi connectivity index (χ4v) is 4.91. The van der Waals surface area contributed by atoms with Crippen molar-refractivity contribution in [1.82, 2.24) is 27.6 Å². The molecular weight excluding hydrogens is 374 g/mol. The molecule has 0 rings (SSSR count). The molecule has 0 saturated carbocycles. The van der Waals surface area contributed by atoms with Crippen LogP contribution < -0.4 is 12.4 Å². The minimum Gasteiger partial charge on any atom is -1.00 e. The molecule has 0 heterocycles. The third-order valence-electron chi connectivity index (χ3n) is 3.38. The lowest BCUT2D eigenvalue weighted by atomic mass is 10.8. The van der Waals surface area contributed by atoms with Gasteiger partial charge in [0.15, 0.2) is 0 Å². The molecule has 0 aromatic carbocycles. The molecule has 0 aliphatic rings. The smallest absolute Gasteiger partial charge is 0.361 e. The molecule has 0 aromatic heterocycles. The first-order valence-corrected chi connectivity index (χ1v) is 9.02. The van der Waals surface area contributed by atoms with Gasteiger partial charge in [0.25, 0.3) is 0 Å². The number of nitrogens with zero attached hydrogens (tertiary/aromatic N) is 9. The van der Waals surface area contributed by atoms with Crippen LogP contribution in [0.5, 0.6) is 0 Å². The molecular formula is C15H36ClN9S. The van der Waals surface area contributed by atoms with Gasteiger partial charge in [-0.3, -0.25) is 15.0 Å². The van der Waals surface area contributed by atoms with Gasteiger partial charge in [0, 0.05) is 63.4 Å². The predicted molar refractivity (Wildman–Crippen MR) is 112 cm³/mol. The van der Waals surface area contributed by atoms with E-state index < -0.39 is 11.5 Å². The van der Waals surface area contributed by atoms with Crippen molar-refractivity contribution in [3.63, 3.8) is 0 Å². The van der Waals surface area contributed by atoms with E-state index in [4.69, 9.17) is 0 Å². The van der Waals surface area contributed by atoms with E-state index in [1.54, 1.807) is 21.1 Å². The van der Waals surface area contributed by atoms with Gasteiger partial charge in [-0.1, -0.05) is 0 Å². The van der Waals surface area contributed by atoms with Crippen molar-refractivity contribution >= 4 is 29.3 Å². The van der Waals surface area contributed by atoms with Crippen molar-refractivity contribution in [2.75, 3.05) is 84.6 Å². The minimum atomic E-state index is -0.528. The van der Waals surface area contributed by atoms with Crippen LogP contribution in [-0.4, -0.2) is 130 Å². The van der Waals surface area contributed by atoms with Crippen molar-refractivity contribution in [3.8, 4) is 0 Å². The average molecular weight is 410 g/mol. The Balaban J connectivity index is 0. The molecule has 0 atom stereocenters. The zero-order valence-corrected chi connectivity index (χ0v) is 19.9. The van der Waals surface area contributed by atoms with Crippen LogP contribution in [0.15, 0.2) is 15.0 Å². The van der Waals surface area contributed by atoms with Crippen molar-refractivity contribution in [1.29, 1.82) is 0 Å². The summed E-state index contributed by atoms with van der Waals surface area (Å²) in [5.74, 6) is 2.60. The first-order valence-electron chi connectivity index (χ1n) is 7.93. The summed E-state index contributed by atoms with van der Waals surface area (Å²) in [6, 6.07) is 0. The van der Waals surface area contributed by atoms with Crippen molar-refractivity contribution in [2.45, 2.75) is 0 Å². The zero-order chi connectivity index (χ0) is 19.9. The molecule has 9 nitrogen and oxygen atoms in total. The first-order chi connectivity index (χ1) is 11.5. The van der Waals surface area contributed by atoms with Crippen molar-refractivity contribution in [2.24, 2.45) is 15.0 Å². The summed E-state index contributed by atoms with van der Waals surface area (Å²) in [4.78, 5) is 19.3. The first kappa shape index (κ1) is 26.7. The van der Waals surface area contributed by atoms with Gasteiger partial charge < -0.3 is 27.1 Å². The summed E-state index contributed by atoms with van der Waals surface area (Å²) in [5.41, 5.74) is 0. The standard InChI is InChI=1S/C15H36N9S.ClH/c1-16-13(19(4)5)22(10)25(23(11)14(17-2)20(6)7)24(12)15(18-3)21(8)9;/h1-12H3;1H/q+1;/p-1/b16-13+,17-14+,18-15+;. The monoisotopic (exact) mass is 409 g/mol. The molecule has 0 radical (unpaired) electrons. The summed E-state index contributed by atoms with van der Waals surface area (Å²) >= 11 is -0.528. The molecule has 0 saturated heterocycles. The molecule has 154 valence electrons. The van der Waals surface area contributed by atoms with Gasteiger partial charge in [-0.2, -0.15) is 0 Å². The van der Waals surface area contributed by atoms with Crippen LogP contribution in [0.25, 0.3) is 0 Å². The second-order valence-corrected chi connectivity index (χ2v) is 8.12. The number of aliphatic imine (C=N–C) groups is 3. The fraction of sp³-hybridized carbons (Fsp3) is 0.800. The lowest BCUT2D eigenvalue weighted by Crippen LogP contribution is -3.00. The van der Waals surface area contributed by atoms with Crippen molar-refractivity contribution < 1.29 is 12.4 Å². The topological polar surface area (TPSA) is 56.5 Å².